The Hall–Kier alpha value is -1.65. The van der Waals surface area contributed by atoms with Gasteiger partial charge in [-0.2, -0.15) is 0 Å². The first-order chi connectivity index (χ1) is 9.76. The molecule has 0 radical (unpaired) electrons. The second-order valence-corrected chi connectivity index (χ2v) is 5.50. The predicted molar refractivity (Wildman–Crippen MR) is 78.5 cm³/mol. The van der Waals surface area contributed by atoms with E-state index in [0.717, 1.165) is 31.9 Å². The second kappa shape index (κ2) is 5.77. The molecule has 0 saturated carbocycles. The predicted octanol–water partition coefficient (Wildman–Crippen LogP) is 2.07. The highest BCUT2D eigenvalue weighted by Crippen LogP contribution is 2.20. The SMILES string of the molecule is COCc1nccn1Cc1ccc2c(c1)CN(C)CC2. The lowest BCUT2D eigenvalue weighted by molar-refractivity contribution is 0.174. The van der Waals surface area contributed by atoms with Gasteiger partial charge in [0.25, 0.3) is 0 Å². The maximum absolute atomic E-state index is 5.18. The molecule has 1 aliphatic rings. The van der Waals surface area contributed by atoms with Crippen molar-refractivity contribution in [1.29, 1.82) is 0 Å². The molecule has 0 saturated heterocycles. The Morgan fingerprint density at radius 2 is 2.20 bits per heavy atom. The van der Waals surface area contributed by atoms with E-state index < -0.39 is 0 Å². The van der Waals surface area contributed by atoms with Crippen LogP contribution in [0.3, 0.4) is 0 Å². The summed E-state index contributed by atoms with van der Waals surface area (Å²) in [7, 11) is 3.88. The van der Waals surface area contributed by atoms with Gasteiger partial charge in [0.05, 0.1) is 0 Å². The third-order valence-electron chi connectivity index (χ3n) is 3.90. The van der Waals surface area contributed by atoms with Gasteiger partial charge in [0.1, 0.15) is 12.4 Å². The maximum Gasteiger partial charge on any atom is 0.135 e. The maximum atomic E-state index is 5.18. The molecule has 0 N–H and O–H groups in total. The molecule has 2 heterocycles. The zero-order chi connectivity index (χ0) is 13.9. The van der Waals surface area contributed by atoms with Crippen LogP contribution in [-0.4, -0.2) is 35.2 Å². The Morgan fingerprint density at radius 3 is 3.05 bits per heavy atom. The van der Waals surface area contributed by atoms with E-state index in [1.54, 1.807) is 7.11 Å². The summed E-state index contributed by atoms with van der Waals surface area (Å²) < 4.78 is 7.33. The molecule has 0 fully saturated rings. The van der Waals surface area contributed by atoms with Crippen molar-refractivity contribution in [3.63, 3.8) is 0 Å². The standard InChI is InChI=1S/C16H21N3O/c1-18-7-5-14-4-3-13(9-15(14)11-18)10-19-8-6-17-16(19)12-20-2/h3-4,6,8-9H,5,7,10-12H2,1-2H3. The summed E-state index contributed by atoms with van der Waals surface area (Å²) >= 11 is 0. The average Bonchev–Trinajstić information content (AvgIpc) is 2.86. The van der Waals surface area contributed by atoms with Gasteiger partial charge in [0, 0.05) is 39.1 Å². The molecule has 3 rings (SSSR count). The van der Waals surface area contributed by atoms with Crippen LogP contribution in [0, 0.1) is 0 Å². The van der Waals surface area contributed by atoms with Crippen molar-refractivity contribution in [3.8, 4) is 0 Å². The van der Waals surface area contributed by atoms with Gasteiger partial charge in [-0.25, -0.2) is 4.98 Å². The van der Waals surface area contributed by atoms with Gasteiger partial charge in [-0.3, -0.25) is 0 Å². The van der Waals surface area contributed by atoms with E-state index in [1.165, 1.54) is 16.7 Å². The number of ether oxygens (including phenoxy) is 1. The van der Waals surface area contributed by atoms with E-state index in [4.69, 9.17) is 4.74 Å². The van der Waals surface area contributed by atoms with Gasteiger partial charge in [-0.1, -0.05) is 18.2 Å². The monoisotopic (exact) mass is 271 g/mol. The number of hydrogen-bond donors (Lipinski definition) is 0. The van der Waals surface area contributed by atoms with Crippen LogP contribution in [0.2, 0.25) is 0 Å². The highest BCUT2D eigenvalue weighted by molar-refractivity contribution is 5.34. The van der Waals surface area contributed by atoms with Crippen LogP contribution in [0.25, 0.3) is 0 Å². The lowest BCUT2D eigenvalue weighted by Gasteiger charge is -2.25. The summed E-state index contributed by atoms with van der Waals surface area (Å²) in [5.41, 5.74) is 4.29. The van der Waals surface area contributed by atoms with Crippen molar-refractivity contribution < 1.29 is 4.74 Å². The number of fused-ring (bicyclic) bond motifs is 1. The lowest BCUT2D eigenvalue weighted by Crippen LogP contribution is -2.26. The Kier molecular flexibility index (Phi) is 3.85. The summed E-state index contributed by atoms with van der Waals surface area (Å²) in [6.45, 7) is 3.63. The van der Waals surface area contributed by atoms with Gasteiger partial charge in [-0.05, 0) is 30.2 Å². The number of methoxy groups -OCH3 is 1. The molecule has 1 aliphatic heterocycles. The van der Waals surface area contributed by atoms with Crippen LogP contribution in [0.5, 0.6) is 0 Å². The molecular formula is C16H21N3O. The minimum absolute atomic E-state index is 0.556. The quantitative estimate of drug-likeness (QED) is 0.853. The molecule has 0 atom stereocenters. The van der Waals surface area contributed by atoms with Crippen LogP contribution >= 0.6 is 0 Å². The number of nitrogens with zero attached hydrogens (tertiary/aromatic N) is 3. The minimum atomic E-state index is 0.556. The van der Waals surface area contributed by atoms with E-state index in [-0.39, 0.29) is 0 Å². The van der Waals surface area contributed by atoms with E-state index in [1.807, 2.05) is 12.4 Å². The van der Waals surface area contributed by atoms with Crippen LogP contribution in [0.1, 0.15) is 22.5 Å². The fraction of sp³-hybridized carbons (Fsp3) is 0.438. The largest absolute Gasteiger partial charge is 0.377 e. The number of likely N-dealkylation sites (N-methyl/N-ethyl adjacent to an activating group) is 1. The zero-order valence-corrected chi connectivity index (χ0v) is 12.2. The first-order valence-corrected chi connectivity index (χ1v) is 7.04. The molecule has 0 amide bonds. The Labute approximate surface area is 120 Å². The van der Waals surface area contributed by atoms with Gasteiger partial charge in [0.15, 0.2) is 0 Å². The molecule has 2 aromatic rings. The number of benzene rings is 1. The Balaban J connectivity index is 1.81. The fourth-order valence-corrected chi connectivity index (χ4v) is 2.80. The van der Waals surface area contributed by atoms with Crippen molar-refractivity contribution in [1.82, 2.24) is 14.5 Å². The third-order valence-corrected chi connectivity index (χ3v) is 3.90. The number of aromatic nitrogens is 2. The van der Waals surface area contributed by atoms with Crippen molar-refractivity contribution in [3.05, 3.63) is 53.1 Å². The highest BCUT2D eigenvalue weighted by atomic mass is 16.5. The van der Waals surface area contributed by atoms with E-state index >= 15 is 0 Å². The zero-order valence-electron chi connectivity index (χ0n) is 12.2. The van der Waals surface area contributed by atoms with Crippen molar-refractivity contribution >= 4 is 0 Å². The number of hydrogen-bond acceptors (Lipinski definition) is 3. The summed E-state index contributed by atoms with van der Waals surface area (Å²) in [5, 5.41) is 0. The molecule has 1 aromatic carbocycles. The molecule has 20 heavy (non-hydrogen) atoms. The third kappa shape index (κ3) is 2.76. The van der Waals surface area contributed by atoms with E-state index in [2.05, 4.69) is 39.7 Å². The fourth-order valence-electron chi connectivity index (χ4n) is 2.80. The molecule has 106 valence electrons. The molecule has 0 spiro atoms. The van der Waals surface area contributed by atoms with E-state index in [0.29, 0.717) is 6.61 Å². The molecule has 1 aromatic heterocycles. The molecule has 4 nitrogen and oxygen atoms in total. The second-order valence-electron chi connectivity index (χ2n) is 5.50. The van der Waals surface area contributed by atoms with Crippen molar-refractivity contribution in [2.24, 2.45) is 0 Å². The van der Waals surface area contributed by atoms with Gasteiger partial charge >= 0.3 is 0 Å². The molecular weight excluding hydrogens is 250 g/mol. The van der Waals surface area contributed by atoms with Crippen LogP contribution in [0.15, 0.2) is 30.6 Å². The topological polar surface area (TPSA) is 30.3 Å². The first-order valence-electron chi connectivity index (χ1n) is 7.04. The van der Waals surface area contributed by atoms with Crippen molar-refractivity contribution in [2.75, 3.05) is 20.7 Å². The number of rotatable bonds is 4. The normalized spacial score (nSPS) is 15.3. The van der Waals surface area contributed by atoms with Crippen LogP contribution in [-0.2, 0) is 30.9 Å². The Bertz CT molecular complexity index is 591. The summed E-state index contributed by atoms with van der Waals surface area (Å²) in [6, 6.07) is 6.85. The molecule has 4 heteroatoms. The number of imidazole rings is 1. The molecule has 0 aliphatic carbocycles. The van der Waals surface area contributed by atoms with Crippen molar-refractivity contribution in [2.45, 2.75) is 26.1 Å². The Morgan fingerprint density at radius 1 is 1.30 bits per heavy atom. The van der Waals surface area contributed by atoms with Crippen LogP contribution < -0.4 is 0 Å². The van der Waals surface area contributed by atoms with Gasteiger partial charge in [0.2, 0.25) is 0 Å². The minimum Gasteiger partial charge on any atom is -0.377 e. The smallest absolute Gasteiger partial charge is 0.135 e. The summed E-state index contributed by atoms with van der Waals surface area (Å²) in [4.78, 5) is 6.71. The van der Waals surface area contributed by atoms with Gasteiger partial charge in [-0.15, -0.1) is 0 Å². The van der Waals surface area contributed by atoms with Crippen LogP contribution in [0.4, 0.5) is 0 Å². The highest BCUT2D eigenvalue weighted by Gasteiger charge is 2.13. The van der Waals surface area contributed by atoms with E-state index in [9.17, 15) is 0 Å². The molecule has 0 bridgehead atoms. The first kappa shape index (κ1) is 13.3. The van der Waals surface area contributed by atoms with Gasteiger partial charge < -0.3 is 14.2 Å². The summed E-state index contributed by atoms with van der Waals surface area (Å²) in [5.74, 6) is 0.974. The molecule has 0 unspecified atom stereocenters. The summed E-state index contributed by atoms with van der Waals surface area (Å²) in [6.07, 6.45) is 5.01. The lowest BCUT2D eigenvalue weighted by atomic mass is 9.97. The average molecular weight is 271 g/mol.